The highest BCUT2D eigenvalue weighted by atomic mass is 32.2. The first-order valence-corrected chi connectivity index (χ1v) is 27.2. The minimum absolute atomic E-state index is 0.0512. The summed E-state index contributed by atoms with van der Waals surface area (Å²) >= 11 is 0. The Labute approximate surface area is 398 Å². The fourth-order valence-electron chi connectivity index (χ4n) is 8.33. The molecule has 360 valence electrons. The fourth-order valence-corrected chi connectivity index (χ4v) is 11.0. The maximum Gasteiger partial charge on any atom is 0.220 e. The summed E-state index contributed by atoms with van der Waals surface area (Å²) in [5.74, 6) is -0.999. The van der Waals surface area contributed by atoms with E-state index < -0.39 is 57.7 Å². The van der Waals surface area contributed by atoms with E-state index in [0.717, 1.165) is 62.9 Å². The van der Waals surface area contributed by atoms with Crippen molar-refractivity contribution in [3.8, 4) is 33.4 Å². The smallest absolute Gasteiger partial charge is 0.220 e. The molecule has 0 saturated heterocycles. The molecule has 9 rings (SSSR count). The monoisotopic (exact) mass is 985 g/mol. The third-order valence-corrected chi connectivity index (χ3v) is 18.0. The summed E-state index contributed by atoms with van der Waals surface area (Å²) in [4.78, 5) is 15.4. The Morgan fingerprint density at radius 2 is 0.868 bits per heavy atom. The lowest BCUT2D eigenvalue weighted by atomic mass is 10.0. The lowest BCUT2D eigenvalue weighted by Gasteiger charge is -2.14. The van der Waals surface area contributed by atoms with Crippen molar-refractivity contribution >= 4 is 30.1 Å². The molecule has 0 aliphatic heterocycles. The van der Waals surface area contributed by atoms with Crippen molar-refractivity contribution in [1.29, 1.82) is 0 Å². The number of sulfonamides is 3. The average Bonchev–Trinajstić information content (AvgIpc) is 4.01. The first kappa shape index (κ1) is 50.5. The van der Waals surface area contributed by atoms with Crippen LogP contribution in [0.4, 0.5) is 8.78 Å². The van der Waals surface area contributed by atoms with Crippen molar-refractivity contribution in [3.05, 3.63) is 155 Å². The molecule has 3 N–H and O–H groups in total. The zero-order valence-corrected chi connectivity index (χ0v) is 41.3. The Balaban J connectivity index is 0.000000151. The van der Waals surface area contributed by atoms with Gasteiger partial charge in [0.15, 0.2) is 0 Å². The number of aromatic nitrogens is 4. The van der Waals surface area contributed by atoms with Gasteiger partial charge in [-0.3, -0.25) is 0 Å². The van der Waals surface area contributed by atoms with Crippen molar-refractivity contribution < 1.29 is 34.0 Å². The number of rotatable bonds is 12. The summed E-state index contributed by atoms with van der Waals surface area (Å²) in [5.41, 5.74) is 11.9. The first-order valence-electron chi connectivity index (χ1n) is 22.5. The molecule has 0 amide bonds. The minimum atomic E-state index is -3.29. The van der Waals surface area contributed by atoms with Gasteiger partial charge in [0.1, 0.15) is 6.33 Å². The highest BCUT2D eigenvalue weighted by molar-refractivity contribution is 7.90. The summed E-state index contributed by atoms with van der Waals surface area (Å²) in [7, 11) is -9.79. The van der Waals surface area contributed by atoms with Gasteiger partial charge in [-0.25, -0.2) is 59.4 Å². The molecule has 18 heteroatoms. The molecule has 3 aliphatic carbocycles. The molecule has 3 aromatic carbocycles. The van der Waals surface area contributed by atoms with E-state index in [0.29, 0.717) is 31.2 Å². The van der Waals surface area contributed by atoms with Gasteiger partial charge in [0.05, 0.1) is 15.7 Å². The van der Waals surface area contributed by atoms with Crippen LogP contribution < -0.4 is 14.2 Å². The lowest BCUT2D eigenvalue weighted by Crippen LogP contribution is -2.39. The predicted octanol–water partition coefficient (Wildman–Crippen LogP) is 7.30. The molecule has 3 aromatic heterocycles. The van der Waals surface area contributed by atoms with E-state index in [4.69, 9.17) is 0 Å². The van der Waals surface area contributed by atoms with Gasteiger partial charge in [-0.15, -0.1) is 0 Å². The second-order valence-electron chi connectivity index (χ2n) is 18.2. The number of pyridine rings is 2. The van der Waals surface area contributed by atoms with E-state index in [1.807, 2.05) is 42.5 Å². The second-order valence-corrected chi connectivity index (χ2v) is 25.0. The molecule has 0 fully saturated rings. The molecule has 0 radical (unpaired) electrons. The number of nitrogens with one attached hydrogen (secondary N) is 3. The number of fused-ring (bicyclic) bond motifs is 3. The molecule has 0 bridgehead atoms. The Kier molecular flexibility index (Phi) is 15.7. The van der Waals surface area contributed by atoms with E-state index in [1.54, 1.807) is 72.1 Å². The zero-order valence-electron chi connectivity index (χ0n) is 38.8. The maximum atomic E-state index is 13.8. The van der Waals surface area contributed by atoms with Crippen molar-refractivity contribution in [1.82, 2.24) is 34.1 Å². The van der Waals surface area contributed by atoms with Gasteiger partial charge in [-0.2, -0.15) is 8.78 Å². The van der Waals surface area contributed by atoms with Crippen LogP contribution in [0.1, 0.15) is 74.9 Å². The van der Waals surface area contributed by atoms with Crippen molar-refractivity contribution in [2.24, 2.45) is 0 Å². The zero-order chi connectivity index (χ0) is 49.0. The molecule has 6 aromatic rings. The fraction of sp³-hybridized carbons (Fsp3) is 0.360. The van der Waals surface area contributed by atoms with Crippen molar-refractivity contribution in [2.45, 2.75) is 114 Å². The molecule has 3 unspecified atom stereocenters. The standard InChI is InChI=1S/2C17H19FN2O2S.C16H19N3O2S/c1-11(2)23(21,22)20-16-8-13-4-3-12(7-15(13)9-16)14-5-6-17(18)19-10-14;1-11(2)23(21,22)20-15-9-12-5-6-13(8-14(12)10-15)16-4-3-7-19-17(16)18;1-11(2)22(20,21)19-16-6-13-4-3-12(5-14(13)7-16)15-8-17-10-18-9-15/h3-7,10-11,16,20H,8-9H2,1-2H3;3-8,11,15,20H,9-10H2,1-2H3;3-5,8-11,16,19H,6-7H2,1-2H3. The Morgan fingerprint density at radius 1 is 0.471 bits per heavy atom. The summed E-state index contributed by atoms with van der Waals surface area (Å²) < 4.78 is 107. The molecule has 0 saturated carbocycles. The van der Waals surface area contributed by atoms with E-state index in [9.17, 15) is 34.0 Å². The summed E-state index contributed by atoms with van der Waals surface area (Å²) in [6.45, 7) is 10.0. The van der Waals surface area contributed by atoms with E-state index in [2.05, 4.69) is 46.2 Å². The molecule has 3 heterocycles. The number of hydrogen-bond donors (Lipinski definition) is 3. The van der Waals surface area contributed by atoms with Crippen LogP contribution in [0.25, 0.3) is 33.4 Å². The number of hydrogen-bond acceptors (Lipinski definition) is 10. The normalized spacial score (nSPS) is 17.5. The van der Waals surface area contributed by atoms with Crippen LogP contribution in [0, 0.1) is 11.9 Å². The van der Waals surface area contributed by atoms with Crippen molar-refractivity contribution in [3.63, 3.8) is 0 Å². The molecule has 3 aliphatic rings. The third-order valence-electron chi connectivity index (χ3n) is 12.3. The van der Waals surface area contributed by atoms with Crippen molar-refractivity contribution in [2.75, 3.05) is 0 Å². The van der Waals surface area contributed by atoms with Crippen LogP contribution in [0.2, 0.25) is 0 Å². The SMILES string of the molecule is CC(C)S(=O)(=O)NC1Cc2ccc(-c3ccc(F)nc3)cc2C1.CC(C)S(=O)(=O)NC1Cc2ccc(-c3cccnc3F)cc2C1.CC(C)S(=O)(=O)NC1Cc2ccc(-c3cncnc3)cc2C1. The molecular weight excluding hydrogens is 929 g/mol. The highest BCUT2D eigenvalue weighted by Crippen LogP contribution is 2.32. The van der Waals surface area contributed by atoms with Gasteiger partial charge in [-0.05, 0) is 154 Å². The largest absolute Gasteiger partial charge is 0.244 e. The Hall–Kier alpha value is -5.37. The maximum absolute atomic E-state index is 13.8. The van der Waals surface area contributed by atoms with E-state index >= 15 is 0 Å². The van der Waals surface area contributed by atoms with E-state index in [1.165, 1.54) is 35.9 Å². The number of nitrogens with zero attached hydrogens (tertiary/aromatic N) is 4. The highest BCUT2D eigenvalue weighted by Gasteiger charge is 2.30. The van der Waals surface area contributed by atoms with Crippen LogP contribution >= 0.6 is 0 Å². The third kappa shape index (κ3) is 12.4. The summed E-state index contributed by atoms with van der Waals surface area (Å²) in [5, 5.41) is -1.30. The quantitative estimate of drug-likeness (QED) is 0.105. The second kappa shape index (κ2) is 21.1. The Bertz CT molecular complexity index is 3090. The van der Waals surface area contributed by atoms with Gasteiger partial charge >= 0.3 is 0 Å². The lowest BCUT2D eigenvalue weighted by molar-refractivity contribution is 0.546. The van der Waals surface area contributed by atoms with Gasteiger partial charge < -0.3 is 0 Å². The summed E-state index contributed by atoms with van der Waals surface area (Å²) in [6, 6.07) is 24.1. The summed E-state index contributed by atoms with van der Waals surface area (Å²) in [6.07, 6.45) is 12.1. The number of benzene rings is 3. The van der Waals surface area contributed by atoms with Crippen LogP contribution in [0.5, 0.6) is 0 Å². The van der Waals surface area contributed by atoms with Crippen LogP contribution in [-0.2, 0) is 68.6 Å². The Morgan fingerprint density at radius 3 is 1.28 bits per heavy atom. The minimum Gasteiger partial charge on any atom is -0.244 e. The molecule has 68 heavy (non-hydrogen) atoms. The number of halogens is 2. The van der Waals surface area contributed by atoms with Gasteiger partial charge in [0.25, 0.3) is 0 Å². The molecule has 0 spiro atoms. The van der Waals surface area contributed by atoms with E-state index in [-0.39, 0.29) is 18.1 Å². The van der Waals surface area contributed by atoms with Gasteiger partial charge in [-0.1, -0.05) is 54.6 Å². The first-order chi connectivity index (χ1) is 32.2. The van der Waals surface area contributed by atoms with Crippen LogP contribution in [-0.4, -0.2) is 79.1 Å². The van der Waals surface area contributed by atoms with Gasteiger partial charge in [0.2, 0.25) is 42.0 Å². The topological polar surface area (TPSA) is 190 Å². The van der Waals surface area contributed by atoms with Crippen LogP contribution in [0.3, 0.4) is 0 Å². The predicted molar refractivity (Wildman–Crippen MR) is 262 cm³/mol. The molecule has 3 atom stereocenters. The average molecular weight is 986 g/mol. The van der Waals surface area contributed by atoms with Crippen LogP contribution in [0.15, 0.2) is 110 Å². The molecular formula is C50H57F2N7O6S3. The molecule has 13 nitrogen and oxygen atoms in total. The van der Waals surface area contributed by atoms with Gasteiger partial charge in [0, 0.05) is 59.6 Å².